The molecule has 12 heteroatoms. The molecule has 0 aliphatic heterocycles. The van der Waals surface area contributed by atoms with E-state index in [1.807, 2.05) is 140 Å². The summed E-state index contributed by atoms with van der Waals surface area (Å²) in [6.07, 6.45) is 13.7. The largest absolute Gasteiger partial charge is 0.511 e. The van der Waals surface area contributed by atoms with Crippen molar-refractivity contribution < 1.29 is 60.7 Å². The van der Waals surface area contributed by atoms with Crippen LogP contribution in [0.5, 0.6) is 23.0 Å². The van der Waals surface area contributed by atoms with Crippen LogP contribution in [0.15, 0.2) is 158 Å². The molecule has 0 aliphatic rings. The molecule has 0 amide bonds. The smallest absolute Gasteiger partial charge is 0.269 e. The molecule has 4 aromatic carbocycles. The van der Waals surface area contributed by atoms with E-state index in [-0.39, 0.29) is 42.1 Å². The summed E-state index contributed by atoms with van der Waals surface area (Å²) in [4.78, 5) is 18.1. The number of para-hydroxylation sites is 4. The molecule has 0 unspecified atom stereocenters. The Bertz CT molecular complexity index is 2810. The van der Waals surface area contributed by atoms with Gasteiger partial charge in [-0.3, -0.25) is 19.1 Å². The predicted octanol–water partition coefficient (Wildman–Crippen LogP) is 7.76. The van der Waals surface area contributed by atoms with Gasteiger partial charge in [0.2, 0.25) is 0 Å². The molecule has 0 spiro atoms. The number of rotatable bonds is 9. The minimum absolute atomic E-state index is 0. The van der Waals surface area contributed by atoms with Crippen LogP contribution in [-0.4, -0.2) is 29.1 Å². The molecule has 0 bridgehead atoms. The van der Waals surface area contributed by atoms with Crippen LogP contribution < -0.4 is 18.6 Å². The van der Waals surface area contributed by atoms with E-state index in [2.05, 4.69) is 56.9 Å². The summed E-state index contributed by atoms with van der Waals surface area (Å²) in [6, 6.07) is 55.8. The number of aromatic nitrogens is 8. The summed E-state index contributed by atoms with van der Waals surface area (Å²) in [5, 5.41) is 0. The van der Waals surface area contributed by atoms with Gasteiger partial charge in [-0.05, 0) is 48.0 Å². The standard InChI is InChI=1S/C46H26N8O2.2Pt/c1-3-17-43-41(15-1)51(31-53(43)45-19-5-7-23-49-45)33-11-9-13-35(27-33)55-37-21-25-47-39(29-37)40-30-38(22-26-48-40)56-36-14-10-12-34(28-36)52-32-54(46-20-6-8-24-50-46)44-18-4-2-16-42(44)52;;/h1-26H;;/q-4;;. The first-order valence-electron chi connectivity index (χ1n) is 17.6. The summed E-state index contributed by atoms with van der Waals surface area (Å²) in [7, 11) is 0. The molecule has 10 aromatic rings. The first-order chi connectivity index (χ1) is 27.7. The van der Waals surface area contributed by atoms with Crippen molar-refractivity contribution in [3.05, 3.63) is 195 Å². The third kappa shape index (κ3) is 7.60. The number of imidazole rings is 2. The summed E-state index contributed by atoms with van der Waals surface area (Å²) < 4.78 is 20.3. The SMILES string of the molecule is [Pt].[Pt].[c-]1c(Oc2[c-]c(-c3[c-]c(Oc4[c-]c(-[n+]5[c-]n(-c6ccccn6)c6ccccc65)ccc4)ccn3)ncc2)cccc1-[n+]1[c-]n(-c2ccccn2)c2ccccc21. The van der Waals surface area contributed by atoms with E-state index in [0.717, 1.165) is 45.1 Å². The predicted molar refractivity (Wildman–Crippen MR) is 206 cm³/mol. The Labute approximate surface area is 362 Å². The Morgan fingerprint density at radius 1 is 0.397 bits per heavy atom. The molecule has 10 nitrogen and oxygen atoms in total. The molecule has 6 heterocycles. The maximum atomic E-state index is 6.26. The van der Waals surface area contributed by atoms with Gasteiger partial charge in [0.15, 0.2) is 11.6 Å². The third-order valence-corrected chi connectivity index (χ3v) is 8.88. The zero-order valence-corrected chi connectivity index (χ0v) is 34.6. The van der Waals surface area contributed by atoms with Crippen molar-refractivity contribution in [3.63, 3.8) is 0 Å². The van der Waals surface area contributed by atoms with E-state index < -0.39 is 0 Å². The van der Waals surface area contributed by atoms with Crippen molar-refractivity contribution >= 4 is 22.1 Å². The second kappa shape index (κ2) is 16.9. The van der Waals surface area contributed by atoms with E-state index in [4.69, 9.17) is 9.47 Å². The van der Waals surface area contributed by atoms with E-state index >= 15 is 0 Å². The Hall–Kier alpha value is -6.60. The van der Waals surface area contributed by atoms with Gasteiger partial charge in [-0.1, -0.05) is 60.7 Å². The van der Waals surface area contributed by atoms with E-state index in [1.165, 1.54) is 0 Å². The number of ether oxygens (including phenoxy) is 2. The second-order valence-corrected chi connectivity index (χ2v) is 12.5. The topological polar surface area (TPSA) is 87.6 Å². The van der Waals surface area contributed by atoms with Crippen LogP contribution in [0.3, 0.4) is 0 Å². The Balaban J connectivity index is 0.00000235. The van der Waals surface area contributed by atoms with E-state index in [1.54, 1.807) is 36.9 Å². The molecular formula is C46H26N8O2Pt2-4. The van der Waals surface area contributed by atoms with E-state index in [9.17, 15) is 0 Å². The van der Waals surface area contributed by atoms with Crippen molar-refractivity contribution in [1.29, 1.82) is 0 Å². The molecule has 10 rings (SSSR count). The Kier molecular flexibility index (Phi) is 11.1. The van der Waals surface area contributed by atoms with Gasteiger partial charge in [0.25, 0.3) is 12.7 Å². The third-order valence-electron chi connectivity index (χ3n) is 8.88. The minimum atomic E-state index is 0. The number of hydrogen-bond donors (Lipinski definition) is 0. The van der Waals surface area contributed by atoms with E-state index in [0.29, 0.717) is 34.4 Å². The van der Waals surface area contributed by atoms with Crippen LogP contribution in [0.2, 0.25) is 0 Å². The maximum Gasteiger partial charge on any atom is 0.269 e. The van der Waals surface area contributed by atoms with Crippen LogP contribution in [-0.2, 0) is 42.1 Å². The minimum Gasteiger partial charge on any atom is -0.511 e. The van der Waals surface area contributed by atoms with Gasteiger partial charge >= 0.3 is 0 Å². The van der Waals surface area contributed by atoms with Crippen LogP contribution in [0.4, 0.5) is 0 Å². The zero-order chi connectivity index (χ0) is 37.3. The molecule has 0 atom stereocenters. The van der Waals surface area contributed by atoms with Gasteiger partial charge in [0, 0.05) is 77.5 Å². The van der Waals surface area contributed by atoms with Crippen LogP contribution in [0.1, 0.15) is 0 Å². The van der Waals surface area contributed by atoms with Gasteiger partial charge in [0.1, 0.15) is 0 Å². The average molecular weight is 1110 g/mol. The summed E-state index contributed by atoms with van der Waals surface area (Å²) in [6.45, 7) is 0. The molecule has 0 radical (unpaired) electrons. The summed E-state index contributed by atoms with van der Waals surface area (Å²) >= 11 is 0. The number of nitrogens with zero attached hydrogens (tertiary/aromatic N) is 8. The first-order valence-corrected chi connectivity index (χ1v) is 17.6. The Morgan fingerprint density at radius 2 is 0.828 bits per heavy atom. The fraction of sp³-hybridized carbons (Fsp3) is 0. The molecule has 58 heavy (non-hydrogen) atoms. The number of fused-ring (bicyclic) bond motifs is 2. The quantitative estimate of drug-likeness (QED) is 0.109. The maximum absolute atomic E-state index is 6.26. The molecule has 0 aliphatic carbocycles. The van der Waals surface area contributed by atoms with Crippen molar-refractivity contribution in [2.45, 2.75) is 0 Å². The van der Waals surface area contributed by atoms with Crippen LogP contribution in [0, 0.1) is 36.9 Å². The van der Waals surface area contributed by atoms with Gasteiger partial charge in [-0.2, -0.15) is 36.4 Å². The molecule has 6 aromatic heterocycles. The zero-order valence-electron chi connectivity index (χ0n) is 30.0. The molecule has 0 fully saturated rings. The monoisotopic (exact) mass is 1110 g/mol. The summed E-state index contributed by atoms with van der Waals surface area (Å²) in [5.41, 5.74) is 6.19. The second-order valence-electron chi connectivity index (χ2n) is 12.5. The first kappa shape index (κ1) is 38.3. The molecular weight excluding hydrogens is 1090 g/mol. The van der Waals surface area contributed by atoms with Gasteiger partial charge in [-0.15, -0.1) is 47.8 Å². The molecule has 286 valence electrons. The van der Waals surface area contributed by atoms with Gasteiger partial charge < -0.3 is 28.6 Å². The number of hydrogen-bond acceptors (Lipinski definition) is 6. The number of benzene rings is 4. The summed E-state index contributed by atoms with van der Waals surface area (Å²) in [5.74, 6) is 3.39. The normalized spacial score (nSPS) is 10.8. The average Bonchev–Trinajstić information content (AvgIpc) is 3.85. The number of pyridine rings is 4. The van der Waals surface area contributed by atoms with Crippen molar-refractivity contribution in [2.24, 2.45) is 0 Å². The van der Waals surface area contributed by atoms with Crippen molar-refractivity contribution in [1.82, 2.24) is 29.1 Å². The molecule has 0 saturated carbocycles. The molecule has 0 saturated heterocycles. The fourth-order valence-electron chi connectivity index (χ4n) is 6.38. The van der Waals surface area contributed by atoms with Crippen molar-refractivity contribution in [2.75, 3.05) is 0 Å². The van der Waals surface area contributed by atoms with Gasteiger partial charge in [-0.25, -0.2) is 0 Å². The van der Waals surface area contributed by atoms with Crippen LogP contribution in [0.25, 0.3) is 56.5 Å². The fourth-order valence-corrected chi connectivity index (χ4v) is 6.38. The van der Waals surface area contributed by atoms with Crippen LogP contribution >= 0.6 is 0 Å². The van der Waals surface area contributed by atoms with Gasteiger partial charge in [0.05, 0.1) is 22.1 Å². The van der Waals surface area contributed by atoms with Crippen molar-refractivity contribution in [3.8, 4) is 57.4 Å². The molecule has 0 N–H and O–H groups in total. The Morgan fingerprint density at radius 3 is 1.28 bits per heavy atom.